The van der Waals surface area contributed by atoms with Crippen LogP contribution in [-0.2, 0) is 14.3 Å². The highest BCUT2D eigenvalue weighted by molar-refractivity contribution is 9.10. The molecule has 0 bridgehead atoms. The van der Waals surface area contributed by atoms with Crippen LogP contribution < -0.4 is 10.1 Å². The SMILES string of the molecule is COc1ccc(/C=C/C(=O)OCC(=O)Nc2cccc(Br)c2)cc1F. The molecule has 1 N–H and O–H groups in total. The van der Waals surface area contributed by atoms with Gasteiger partial charge in [0.25, 0.3) is 5.91 Å². The molecule has 2 aromatic carbocycles. The number of ether oxygens (including phenoxy) is 2. The van der Waals surface area contributed by atoms with Crippen molar-refractivity contribution in [3.8, 4) is 5.75 Å². The van der Waals surface area contributed by atoms with E-state index in [0.717, 1.165) is 10.5 Å². The number of hydrogen-bond donors (Lipinski definition) is 1. The van der Waals surface area contributed by atoms with Gasteiger partial charge < -0.3 is 14.8 Å². The van der Waals surface area contributed by atoms with E-state index in [1.807, 2.05) is 6.07 Å². The molecule has 0 heterocycles. The number of esters is 1. The Balaban J connectivity index is 1.83. The topological polar surface area (TPSA) is 64.6 Å². The standard InChI is InChI=1S/C18H15BrFNO4/c1-24-16-7-5-12(9-15(16)20)6-8-18(23)25-11-17(22)21-14-4-2-3-13(19)10-14/h2-10H,11H2,1H3,(H,21,22)/b8-6+. The molecule has 130 valence electrons. The highest BCUT2D eigenvalue weighted by atomic mass is 79.9. The quantitative estimate of drug-likeness (QED) is 0.584. The summed E-state index contributed by atoms with van der Waals surface area (Å²) in [7, 11) is 1.37. The Morgan fingerprint density at radius 3 is 2.72 bits per heavy atom. The molecule has 0 aliphatic rings. The highest BCUT2D eigenvalue weighted by Crippen LogP contribution is 2.18. The number of halogens is 2. The van der Waals surface area contributed by atoms with Gasteiger partial charge in [0.1, 0.15) is 0 Å². The van der Waals surface area contributed by atoms with Crippen LogP contribution in [0, 0.1) is 5.82 Å². The predicted octanol–water partition coefficient (Wildman–Crippen LogP) is 3.79. The molecule has 0 radical (unpaired) electrons. The Labute approximate surface area is 152 Å². The van der Waals surface area contributed by atoms with Gasteiger partial charge in [-0.25, -0.2) is 9.18 Å². The largest absolute Gasteiger partial charge is 0.494 e. The zero-order chi connectivity index (χ0) is 18.2. The van der Waals surface area contributed by atoms with Gasteiger partial charge in [0.2, 0.25) is 0 Å². The van der Waals surface area contributed by atoms with E-state index in [1.165, 1.54) is 25.3 Å². The van der Waals surface area contributed by atoms with Crippen molar-refractivity contribution in [1.82, 2.24) is 0 Å². The summed E-state index contributed by atoms with van der Waals surface area (Å²) < 4.78 is 24.0. The highest BCUT2D eigenvalue weighted by Gasteiger charge is 2.06. The van der Waals surface area contributed by atoms with Crippen LogP contribution in [0.25, 0.3) is 6.08 Å². The second-order valence-electron chi connectivity index (χ2n) is 4.89. The lowest BCUT2D eigenvalue weighted by atomic mass is 10.2. The molecule has 0 aliphatic carbocycles. The predicted molar refractivity (Wildman–Crippen MR) is 95.7 cm³/mol. The van der Waals surface area contributed by atoms with Crippen molar-refractivity contribution in [3.63, 3.8) is 0 Å². The summed E-state index contributed by atoms with van der Waals surface area (Å²) in [6.45, 7) is -0.424. The van der Waals surface area contributed by atoms with E-state index in [9.17, 15) is 14.0 Å². The molecule has 1 amide bonds. The number of carbonyl (C=O) groups excluding carboxylic acids is 2. The Morgan fingerprint density at radius 2 is 2.04 bits per heavy atom. The number of amides is 1. The maximum absolute atomic E-state index is 13.5. The van der Waals surface area contributed by atoms with E-state index in [-0.39, 0.29) is 5.75 Å². The molecule has 0 unspecified atom stereocenters. The molecule has 25 heavy (non-hydrogen) atoms. The monoisotopic (exact) mass is 407 g/mol. The molecule has 0 saturated heterocycles. The smallest absolute Gasteiger partial charge is 0.331 e. The van der Waals surface area contributed by atoms with Crippen LogP contribution in [0.4, 0.5) is 10.1 Å². The zero-order valence-corrected chi connectivity index (χ0v) is 14.9. The van der Waals surface area contributed by atoms with Crippen molar-refractivity contribution in [2.75, 3.05) is 19.0 Å². The Morgan fingerprint density at radius 1 is 1.24 bits per heavy atom. The second kappa shape index (κ2) is 8.98. The van der Waals surface area contributed by atoms with E-state index in [4.69, 9.17) is 9.47 Å². The number of methoxy groups -OCH3 is 1. The van der Waals surface area contributed by atoms with E-state index < -0.39 is 24.3 Å². The van der Waals surface area contributed by atoms with Crippen LogP contribution in [0.5, 0.6) is 5.75 Å². The molecule has 5 nitrogen and oxygen atoms in total. The fraction of sp³-hybridized carbons (Fsp3) is 0.111. The summed E-state index contributed by atoms with van der Waals surface area (Å²) in [5.41, 5.74) is 1.05. The first-order valence-electron chi connectivity index (χ1n) is 7.22. The summed E-state index contributed by atoms with van der Waals surface area (Å²) in [6, 6.07) is 11.3. The zero-order valence-electron chi connectivity index (χ0n) is 13.3. The van der Waals surface area contributed by atoms with Crippen LogP contribution >= 0.6 is 15.9 Å². The van der Waals surface area contributed by atoms with E-state index in [2.05, 4.69) is 21.2 Å². The average molecular weight is 408 g/mol. The van der Waals surface area contributed by atoms with Crippen molar-refractivity contribution in [2.45, 2.75) is 0 Å². The molecule has 2 aromatic rings. The summed E-state index contributed by atoms with van der Waals surface area (Å²) in [5, 5.41) is 2.60. The molecule has 0 aliphatic heterocycles. The molecule has 2 rings (SSSR count). The minimum atomic E-state index is -0.708. The number of rotatable bonds is 6. The second-order valence-corrected chi connectivity index (χ2v) is 5.81. The molecule has 7 heteroatoms. The van der Waals surface area contributed by atoms with Crippen LogP contribution in [0.3, 0.4) is 0 Å². The van der Waals surface area contributed by atoms with Crippen molar-refractivity contribution >= 4 is 39.6 Å². The minimum absolute atomic E-state index is 0.115. The lowest BCUT2D eigenvalue weighted by Gasteiger charge is -2.05. The van der Waals surface area contributed by atoms with E-state index in [1.54, 1.807) is 24.3 Å². The lowest BCUT2D eigenvalue weighted by molar-refractivity contribution is -0.142. The molecule has 0 atom stereocenters. The summed E-state index contributed by atoms with van der Waals surface area (Å²) in [4.78, 5) is 23.3. The third kappa shape index (κ3) is 6.04. The van der Waals surface area contributed by atoms with Gasteiger partial charge in [-0.1, -0.05) is 28.1 Å². The summed E-state index contributed by atoms with van der Waals surface area (Å²) >= 11 is 3.29. The maximum Gasteiger partial charge on any atom is 0.331 e. The first-order valence-corrected chi connectivity index (χ1v) is 8.01. The normalized spacial score (nSPS) is 10.5. The summed E-state index contributed by atoms with van der Waals surface area (Å²) in [5.74, 6) is -1.59. The number of benzene rings is 2. The molecule has 0 saturated carbocycles. The fourth-order valence-corrected chi connectivity index (χ4v) is 2.30. The minimum Gasteiger partial charge on any atom is -0.494 e. The molecule has 0 fully saturated rings. The van der Waals surface area contributed by atoms with Gasteiger partial charge in [-0.05, 0) is 42.0 Å². The first kappa shape index (κ1) is 18.7. The van der Waals surface area contributed by atoms with E-state index in [0.29, 0.717) is 11.3 Å². The van der Waals surface area contributed by atoms with Gasteiger partial charge in [0.05, 0.1) is 7.11 Å². The molecule has 0 aromatic heterocycles. The van der Waals surface area contributed by atoms with Crippen LogP contribution in [-0.4, -0.2) is 25.6 Å². The third-order valence-corrected chi connectivity index (χ3v) is 3.53. The molecular weight excluding hydrogens is 393 g/mol. The van der Waals surface area contributed by atoms with Crippen molar-refractivity contribution < 1.29 is 23.5 Å². The maximum atomic E-state index is 13.5. The Kier molecular flexibility index (Phi) is 6.71. The molecular formula is C18H15BrFNO4. The van der Waals surface area contributed by atoms with E-state index >= 15 is 0 Å². The van der Waals surface area contributed by atoms with Crippen LogP contribution in [0.15, 0.2) is 53.0 Å². The van der Waals surface area contributed by atoms with Crippen molar-refractivity contribution in [2.24, 2.45) is 0 Å². The lowest BCUT2D eigenvalue weighted by Crippen LogP contribution is -2.20. The molecule has 0 spiro atoms. The van der Waals surface area contributed by atoms with Gasteiger partial charge in [-0.15, -0.1) is 0 Å². The Hall–Kier alpha value is -2.67. The van der Waals surface area contributed by atoms with Gasteiger partial charge >= 0.3 is 5.97 Å². The average Bonchev–Trinajstić information content (AvgIpc) is 2.58. The van der Waals surface area contributed by atoms with Gasteiger partial charge in [-0.3, -0.25) is 4.79 Å². The van der Waals surface area contributed by atoms with Crippen LogP contribution in [0.1, 0.15) is 5.56 Å². The van der Waals surface area contributed by atoms with Crippen molar-refractivity contribution in [1.29, 1.82) is 0 Å². The number of nitrogens with one attached hydrogen (secondary N) is 1. The summed E-state index contributed by atoms with van der Waals surface area (Å²) in [6.07, 6.45) is 2.50. The first-order chi connectivity index (χ1) is 12.0. The number of anilines is 1. The number of hydrogen-bond acceptors (Lipinski definition) is 4. The van der Waals surface area contributed by atoms with Crippen LogP contribution in [0.2, 0.25) is 0 Å². The van der Waals surface area contributed by atoms with Gasteiger partial charge in [0.15, 0.2) is 18.2 Å². The fourth-order valence-electron chi connectivity index (χ4n) is 1.90. The van der Waals surface area contributed by atoms with Gasteiger partial charge in [0, 0.05) is 16.2 Å². The number of carbonyl (C=O) groups is 2. The Bertz CT molecular complexity index is 807. The van der Waals surface area contributed by atoms with Crippen molar-refractivity contribution in [3.05, 3.63) is 64.4 Å². The third-order valence-electron chi connectivity index (χ3n) is 3.04. The van der Waals surface area contributed by atoms with Gasteiger partial charge in [-0.2, -0.15) is 0 Å².